The Labute approximate surface area is 183 Å². The second-order valence-electron chi connectivity index (χ2n) is 8.32. The van der Waals surface area contributed by atoms with E-state index in [1.165, 1.54) is 12.8 Å². The van der Waals surface area contributed by atoms with Gasteiger partial charge in [-0.2, -0.15) is 0 Å². The molecule has 9 nitrogen and oxygen atoms in total. The minimum absolute atomic E-state index is 0.287. The number of piperazine rings is 1. The molecule has 1 aliphatic heterocycles. The Morgan fingerprint density at radius 2 is 1.94 bits per heavy atom. The highest BCUT2D eigenvalue weighted by Crippen LogP contribution is 2.26. The van der Waals surface area contributed by atoms with Gasteiger partial charge in [0.15, 0.2) is 17.4 Å². The fraction of sp³-hybridized carbons (Fsp3) is 0.636. The largest absolute Gasteiger partial charge is 0.357 e. The number of amides is 1. The summed E-state index contributed by atoms with van der Waals surface area (Å²) in [6, 6.07) is 5.85. The summed E-state index contributed by atoms with van der Waals surface area (Å²) < 4.78 is 1.96. The number of nitrogens with zero attached hydrogens (tertiary/aromatic N) is 6. The van der Waals surface area contributed by atoms with Crippen molar-refractivity contribution >= 4 is 17.5 Å². The standard InChI is InChI=1S/C22H34N8O/c1-2-23-22(25-17-20-27-26-19-9-5-6-11-30(19)20)24-10-12-28-13-15-29(16-14-28)21(31)18-7-3-4-8-18/h5-6,9,11,18H,2-4,7-8,10,12-17H2,1H3,(H2,23,24,25). The maximum Gasteiger partial charge on any atom is 0.225 e. The summed E-state index contributed by atoms with van der Waals surface area (Å²) in [5.41, 5.74) is 0.830. The molecule has 1 aliphatic carbocycles. The molecule has 2 fully saturated rings. The predicted molar refractivity (Wildman–Crippen MR) is 121 cm³/mol. The molecule has 168 valence electrons. The van der Waals surface area contributed by atoms with Crippen molar-refractivity contribution in [2.75, 3.05) is 45.8 Å². The molecule has 0 radical (unpaired) electrons. The quantitative estimate of drug-likeness (QED) is 0.509. The van der Waals surface area contributed by atoms with Crippen LogP contribution in [0.25, 0.3) is 5.65 Å². The van der Waals surface area contributed by atoms with Gasteiger partial charge >= 0.3 is 0 Å². The number of carbonyl (C=O) groups is 1. The van der Waals surface area contributed by atoms with E-state index in [-0.39, 0.29) is 5.92 Å². The monoisotopic (exact) mass is 426 g/mol. The van der Waals surface area contributed by atoms with Crippen molar-refractivity contribution in [2.45, 2.75) is 39.2 Å². The molecule has 0 aromatic carbocycles. The van der Waals surface area contributed by atoms with Gasteiger partial charge in [0.25, 0.3) is 0 Å². The van der Waals surface area contributed by atoms with Crippen molar-refractivity contribution in [3.63, 3.8) is 0 Å². The minimum Gasteiger partial charge on any atom is -0.357 e. The average molecular weight is 427 g/mol. The number of guanidine groups is 1. The maximum absolute atomic E-state index is 12.6. The molecule has 1 saturated heterocycles. The molecule has 31 heavy (non-hydrogen) atoms. The summed E-state index contributed by atoms with van der Waals surface area (Å²) in [5.74, 6) is 2.27. The number of pyridine rings is 1. The highest BCUT2D eigenvalue weighted by atomic mass is 16.2. The van der Waals surface area contributed by atoms with Crippen LogP contribution in [-0.4, -0.2) is 82.1 Å². The maximum atomic E-state index is 12.6. The molecular weight excluding hydrogens is 392 g/mol. The van der Waals surface area contributed by atoms with E-state index in [0.29, 0.717) is 12.5 Å². The van der Waals surface area contributed by atoms with Gasteiger partial charge in [0.1, 0.15) is 6.54 Å². The van der Waals surface area contributed by atoms with E-state index >= 15 is 0 Å². The number of aromatic nitrogens is 3. The zero-order chi connectivity index (χ0) is 21.5. The van der Waals surface area contributed by atoms with E-state index in [0.717, 1.165) is 76.1 Å². The zero-order valence-electron chi connectivity index (χ0n) is 18.5. The second-order valence-corrected chi connectivity index (χ2v) is 8.32. The number of hydrogen-bond donors (Lipinski definition) is 2. The first-order valence-corrected chi connectivity index (χ1v) is 11.6. The third-order valence-corrected chi connectivity index (χ3v) is 6.22. The molecule has 0 bridgehead atoms. The summed E-state index contributed by atoms with van der Waals surface area (Å²) in [4.78, 5) is 21.8. The van der Waals surface area contributed by atoms with Gasteiger partial charge in [0.05, 0.1) is 0 Å². The van der Waals surface area contributed by atoms with Gasteiger partial charge in [0.2, 0.25) is 5.91 Å². The van der Waals surface area contributed by atoms with Crippen LogP contribution in [0.4, 0.5) is 0 Å². The molecule has 9 heteroatoms. The molecule has 2 aromatic rings. The number of rotatable bonds is 7. The summed E-state index contributed by atoms with van der Waals surface area (Å²) in [6.45, 7) is 8.65. The van der Waals surface area contributed by atoms with Gasteiger partial charge in [0, 0.05) is 57.9 Å². The Balaban J connectivity index is 1.22. The summed E-state index contributed by atoms with van der Waals surface area (Å²) in [7, 11) is 0. The van der Waals surface area contributed by atoms with Crippen LogP contribution in [0.1, 0.15) is 38.4 Å². The lowest BCUT2D eigenvalue weighted by Gasteiger charge is -2.36. The van der Waals surface area contributed by atoms with Gasteiger partial charge in [-0.1, -0.05) is 18.9 Å². The van der Waals surface area contributed by atoms with Crippen LogP contribution in [0.15, 0.2) is 29.4 Å². The summed E-state index contributed by atoms with van der Waals surface area (Å²) in [5, 5.41) is 15.1. The molecule has 2 aromatic heterocycles. The SMILES string of the molecule is CCNC(=NCc1nnc2ccccn12)NCCN1CCN(C(=O)C2CCCC2)CC1. The summed E-state index contributed by atoms with van der Waals surface area (Å²) in [6.07, 6.45) is 6.55. The van der Waals surface area contributed by atoms with Crippen LogP contribution in [0.5, 0.6) is 0 Å². The van der Waals surface area contributed by atoms with Crippen molar-refractivity contribution in [2.24, 2.45) is 10.9 Å². The fourth-order valence-electron chi connectivity index (χ4n) is 4.45. The van der Waals surface area contributed by atoms with E-state index < -0.39 is 0 Å². The van der Waals surface area contributed by atoms with Crippen LogP contribution in [0.2, 0.25) is 0 Å². The Kier molecular flexibility index (Phi) is 7.35. The van der Waals surface area contributed by atoms with Crippen LogP contribution in [0, 0.1) is 5.92 Å². The highest BCUT2D eigenvalue weighted by molar-refractivity contribution is 5.80. The second kappa shape index (κ2) is 10.6. The Morgan fingerprint density at radius 3 is 2.71 bits per heavy atom. The molecule has 0 unspecified atom stereocenters. The number of nitrogens with one attached hydrogen (secondary N) is 2. The van der Waals surface area contributed by atoms with E-state index in [4.69, 9.17) is 0 Å². The number of fused-ring (bicyclic) bond motifs is 1. The van der Waals surface area contributed by atoms with Crippen molar-refractivity contribution in [1.29, 1.82) is 0 Å². The van der Waals surface area contributed by atoms with Crippen LogP contribution in [0.3, 0.4) is 0 Å². The van der Waals surface area contributed by atoms with Gasteiger partial charge < -0.3 is 15.5 Å². The zero-order valence-corrected chi connectivity index (χ0v) is 18.5. The number of hydrogen-bond acceptors (Lipinski definition) is 5. The first kappa shape index (κ1) is 21.5. The van der Waals surface area contributed by atoms with Crippen molar-refractivity contribution in [3.05, 3.63) is 30.2 Å². The predicted octanol–water partition coefficient (Wildman–Crippen LogP) is 1.12. The molecule has 2 N–H and O–H groups in total. The minimum atomic E-state index is 0.287. The smallest absolute Gasteiger partial charge is 0.225 e. The van der Waals surface area contributed by atoms with Crippen LogP contribution < -0.4 is 10.6 Å². The van der Waals surface area contributed by atoms with E-state index in [1.54, 1.807) is 0 Å². The van der Waals surface area contributed by atoms with Crippen LogP contribution >= 0.6 is 0 Å². The van der Waals surface area contributed by atoms with E-state index in [2.05, 4.69) is 42.5 Å². The van der Waals surface area contributed by atoms with Crippen molar-refractivity contribution in [1.82, 2.24) is 35.0 Å². The molecule has 0 spiro atoms. The molecule has 3 heterocycles. The lowest BCUT2D eigenvalue weighted by molar-refractivity contribution is -0.137. The number of aliphatic imine (C=N–C) groups is 1. The first-order chi connectivity index (χ1) is 15.2. The molecule has 0 atom stereocenters. The Hall–Kier alpha value is -2.68. The number of carbonyl (C=O) groups excluding carboxylic acids is 1. The fourth-order valence-corrected chi connectivity index (χ4v) is 4.45. The highest BCUT2D eigenvalue weighted by Gasteiger charge is 2.29. The molecule has 2 aliphatic rings. The third kappa shape index (κ3) is 5.52. The summed E-state index contributed by atoms with van der Waals surface area (Å²) >= 11 is 0. The van der Waals surface area contributed by atoms with Gasteiger partial charge in [-0.15, -0.1) is 10.2 Å². The Morgan fingerprint density at radius 1 is 1.13 bits per heavy atom. The van der Waals surface area contributed by atoms with Gasteiger partial charge in [-0.3, -0.25) is 14.1 Å². The Bertz CT molecular complexity index is 881. The molecule has 4 rings (SSSR count). The van der Waals surface area contributed by atoms with E-state index in [9.17, 15) is 4.79 Å². The first-order valence-electron chi connectivity index (χ1n) is 11.6. The molecular formula is C22H34N8O. The molecule has 1 amide bonds. The lowest BCUT2D eigenvalue weighted by Crippen LogP contribution is -2.51. The van der Waals surface area contributed by atoms with Crippen molar-refractivity contribution < 1.29 is 4.79 Å². The lowest BCUT2D eigenvalue weighted by atomic mass is 10.1. The van der Waals surface area contributed by atoms with E-state index in [1.807, 2.05) is 28.8 Å². The normalized spacial score (nSPS) is 18.6. The third-order valence-electron chi connectivity index (χ3n) is 6.22. The van der Waals surface area contributed by atoms with Crippen LogP contribution in [-0.2, 0) is 11.3 Å². The average Bonchev–Trinajstić information content (AvgIpc) is 3.48. The topological polar surface area (TPSA) is 90.2 Å². The van der Waals surface area contributed by atoms with Gasteiger partial charge in [-0.25, -0.2) is 4.99 Å². The molecule has 1 saturated carbocycles. The van der Waals surface area contributed by atoms with Crippen molar-refractivity contribution in [3.8, 4) is 0 Å². The van der Waals surface area contributed by atoms with Gasteiger partial charge in [-0.05, 0) is 31.9 Å².